The highest BCUT2D eigenvalue weighted by Gasteiger charge is 2.56. The average molecular weight is 291 g/mol. The SMILES string of the molecule is CC(C)=CCCC(C)CNC12CC3CC(CC(O)(C3)C1)C2. The molecule has 0 aromatic rings. The van der Waals surface area contributed by atoms with E-state index < -0.39 is 0 Å². The van der Waals surface area contributed by atoms with Crippen molar-refractivity contribution in [2.24, 2.45) is 17.8 Å². The second kappa shape index (κ2) is 5.70. The maximum absolute atomic E-state index is 10.8. The third-order valence-corrected chi connectivity index (χ3v) is 6.07. The minimum atomic E-state index is -0.331. The Hall–Kier alpha value is -0.340. The average Bonchev–Trinajstić information content (AvgIpc) is 2.33. The molecule has 0 radical (unpaired) electrons. The summed E-state index contributed by atoms with van der Waals surface area (Å²) in [4.78, 5) is 0. The molecule has 4 rings (SSSR count). The predicted octanol–water partition coefficient (Wildman–Crippen LogP) is 4.04. The quantitative estimate of drug-likeness (QED) is 0.724. The summed E-state index contributed by atoms with van der Waals surface area (Å²) in [6.07, 6.45) is 12.0. The van der Waals surface area contributed by atoms with Crippen LogP contribution in [0.25, 0.3) is 0 Å². The van der Waals surface area contributed by atoms with E-state index in [-0.39, 0.29) is 11.1 Å². The molecule has 0 heterocycles. The predicted molar refractivity (Wildman–Crippen MR) is 88.2 cm³/mol. The van der Waals surface area contributed by atoms with E-state index >= 15 is 0 Å². The van der Waals surface area contributed by atoms with Gasteiger partial charge in [-0.3, -0.25) is 0 Å². The molecule has 3 unspecified atom stereocenters. The van der Waals surface area contributed by atoms with Gasteiger partial charge in [0, 0.05) is 5.54 Å². The highest BCUT2D eigenvalue weighted by atomic mass is 16.3. The molecule has 0 saturated heterocycles. The molecule has 4 saturated carbocycles. The van der Waals surface area contributed by atoms with Crippen molar-refractivity contribution >= 4 is 0 Å². The Morgan fingerprint density at radius 1 is 1.24 bits per heavy atom. The minimum absolute atomic E-state index is 0.267. The van der Waals surface area contributed by atoms with E-state index in [1.165, 1.54) is 37.7 Å². The Labute approximate surface area is 130 Å². The molecular weight excluding hydrogens is 258 g/mol. The molecular formula is C19H33NO. The van der Waals surface area contributed by atoms with Gasteiger partial charge in [-0.1, -0.05) is 18.6 Å². The van der Waals surface area contributed by atoms with Gasteiger partial charge in [0.15, 0.2) is 0 Å². The topological polar surface area (TPSA) is 32.3 Å². The molecule has 0 spiro atoms. The van der Waals surface area contributed by atoms with Gasteiger partial charge in [-0.05, 0) is 89.5 Å². The molecule has 4 aliphatic carbocycles. The zero-order chi connectivity index (χ0) is 15.1. The van der Waals surface area contributed by atoms with Gasteiger partial charge in [-0.25, -0.2) is 0 Å². The van der Waals surface area contributed by atoms with Crippen molar-refractivity contribution in [1.29, 1.82) is 0 Å². The lowest BCUT2D eigenvalue weighted by atomic mass is 9.51. The van der Waals surface area contributed by atoms with Crippen LogP contribution in [0.4, 0.5) is 0 Å². The fourth-order valence-corrected chi connectivity index (χ4v) is 5.57. The van der Waals surface area contributed by atoms with Crippen molar-refractivity contribution in [3.63, 3.8) is 0 Å². The molecule has 4 aliphatic rings. The smallest absolute Gasteiger partial charge is 0.0670 e. The third kappa shape index (κ3) is 3.53. The Bertz CT molecular complexity index is 396. The summed E-state index contributed by atoms with van der Waals surface area (Å²) in [7, 11) is 0. The van der Waals surface area contributed by atoms with Crippen LogP contribution in [-0.4, -0.2) is 22.8 Å². The van der Waals surface area contributed by atoms with Crippen LogP contribution in [0, 0.1) is 17.8 Å². The number of nitrogens with one attached hydrogen (secondary N) is 1. The number of hydrogen-bond acceptors (Lipinski definition) is 2. The molecule has 4 fully saturated rings. The van der Waals surface area contributed by atoms with E-state index in [4.69, 9.17) is 0 Å². The largest absolute Gasteiger partial charge is 0.390 e. The molecule has 0 aromatic heterocycles. The molecule has 120 valence electrons. The molecule has 2 heteroatoms. The van der Waals surface area contributed by atoms with Gasteiger partial charge in [-0.15, -0.1) is 0 Å². The van der Waals surface area contributed by atoms with Crippen LogP contribution in [0.15, 0.2) is 11.6 Å². The van der Waals surface area contributed by atoms with Gasteiger partial charge in [-0.2, -0.15) is 0 Å². The molecule has 3 atom stereocenters. The Morgan fingerprint density at radius 3 is 2.48 bits per heavy atom. The summed E-state index contributed by atoms with van der Waals surface area (Å²) in [6, 6.07) is 0. The highest BCUT2D eigenvalue weighted by molar-refractivity contribution is 5.12. The third-order valence-electron chi connectivity index (χ3n) is 6.07. The van der Waals surface area contributed by atoms with Crippen molar-refractivity contribution in [3.8, 4) is 0 Å². The van der Waals surface area contributed by atoms with Crippen LogP contribution in [-0.2, 0) is 0 Å². The maximum Gasteiger partial charge on any atom is 0.0670 e. The standard InChI is InChI=1S/C19H33NO/c1-14(2)5-4-6-15(3)12-20-18-8-16-7-17(9-18)11-19(21,10-16)13-18/h5,15-17,20-21H,4,6-13H2,1-3H3. The molecule has 2 N–H and O–H groups in total. The van der Waals surface area contributed by atoms with Crippen molar-refractivity contribution < 1.29 is 5.11 Å². The van der Waals surface area contributed by atoms with E-state index in [1.54, 1.807) is 0 Å². The fourth-order valence-electron chi connectivity index (χ4n) is 5.57. The van der Waals surface area contributed by atoms with E-state index in [1.807, 2.05) is 0 Å². The molecule has 21 heavy (non-hydrogen) atoms. The first-order valence-corrected chi connectivity index (χ1v) is 8.99. The van der Waals surface area contributed by atoms with Crippen molar-refractivity contribution in [2.45, 2.75) is 83.3 Å². The zero-order valence-corrected chi connectivity index (χ0v) is 14.1. The molecule has 0 aliphatic heterocycles. The Kier molecular flexibility index (Phi) is 4.22. The first-order valence-electron chi connectivity index (χ1n) is 8.99. The summed E-state index contributed by atoms with van der Waals surface area (Å²) < 4.78 is 0. The number of hydrogen-bond donors (Lipinski definition) is 2. The second-order valence-electron chi connectivity index (χ2n) is 8.81. The van der Waals surface area contributed by atoms with Gasteiger partial charge in [0.25, 0.3) is 0 Å². The van der Waals surface area contributed by atoms with Crippen LogP contribution >= 0.6 is 0 Å². The van der Waals surface area contributed by atoms with Gasteiger partial charge in [0.05, 0.1) is 5.60 Å². The molecule has 2 nitrogen and oxygen atoms in total. The van der Waals surface area contributed by atoms with Crippen LogP contribution in [0.2, 0.25) is 0 Å². The fraction of sp³-hybridized carbons (Fsp3) is 0.895. The molecule has 4 bridgehead atoms. The van der Waals surface area contributed by atoms with Crippen LogP contribution in [0.3, 0.4) is 0 Å². The number of rotatable bonds is 6. The Morgan fingerprint density at radius 2 is 1.90 bits per heavy atom. The van der Waals surface area contributed by atoms with Crippen molar-refractivity contribution in [3.05, 3.63) is 11.6 Å². The van der Waals surface area contributed by atoms with Crippen LogP contribution < -0.4 is 5.32 Å². The highest BCUT2D eigenvalue weighted by Crippen LogP contribution is 2.57. The minimum Gasteiger partial charge on any atom is -0.390 e. The van der Waals surface area contributed by atoms with Crippen molar-refractivity contribution in [2.75, 3.05) is 6.54 Å². The lowest BCUT2D eigenvalue weighted by Gasteiger charge is -2.60. The van der Waals surface area contributed by atoms with E-state index in [2.05, 4.69) is 32.2 Å². The van der Waals surface area contributed by atoms with Gasteiger partial charge in [0.2, 0.25) is 0 Å². The number of aliphatic hydroxyl groups is 1. The van der Waals surface area contributed by atoms with Gasteiger partial charge < -0.3 is 10.4 Å². The summed E-state index contributed by atoms with van der Waals surface area (Å²) in [6.45, 7) is 7.84. The maximum atomic E-state index is 10.8. The monoisotopic (exact) mass is 291 g/mol. The van der Waals surface area contributed by atoms with Gasteiger partial charge >= 0.3 is 0 Å². The summed E-state index contributed by atoms with van der Waals surface area (Å²) in [5.74, 6) is 2.29. The lowest BCUT2D eigenvalue weighted by Crippen LogP contribution is -2.64. The normalized spacial score (nSPS) is 42.1. The molecule has 0 amide bonds. The Balaban J connectivity index is 1.52. The van der Waals surface area contributed by atoms with E-state index in [9.17, 15) is 5.11 Å². The summed E-state index contributed by atoms with van der Waals surface area (Å²) >= 11 is 0. The van der Waals surface area contributed by atoms with Gasteiger partial charge in [0.1, 0.15) is 0 Å². The van der Waals surface area contributed by atoms with Crippen molar-refractivity contribution in [1.82, 2.24) is 5.32 Å². The van der Waals surface area contributed by atoms with E-state index in [0.29, 0.717) is 0 Å². The second-order valence-corrected chi connectivity index (χ2v) is 8.81. The van der Waals surface area contributed by atoms with Crippen LogP contribution in [0.1, 0.15) is 72.1 Å². The van der Waals surface area contributed by atoms with E-state index in [0.717, 1.165) is 43.6 Å². The molecule has 0 aromatic carbocycles. The zero-order valence-electron chi connectivity index (χ0n) is 14.1. The van der Waals surface area contributed by atoms with Crippen LogP contribution in [0.5, 0.6) is 0 Å². The summed E-state index contributed by atoms with van der Waals surface area (Å²) in [5, 5.41) is 14.7. The first kappa shape index (κ1) is 15.6. The number of allylic oxidation sites excluding steroid dienone is 2. The summed E-state index contributed by atoms with van der Waals surface area (Å²) in [5.41, 5.74) is 1.37. The lowest BCUT2D eigenvalue weighted by molar-refractivity contribution is -0.142. The first-order chi connectivity index (χ1) is 9.88.